The molecule has 0 spiro atoms. The van der Waals surface area contributed by atoms with Crippen LogP contribution in [0.25, 0.3) is 0 Å². The van der Waals surface area contributed by atoms with Crippen molar-refractivity contribution in [3.63, 3.8) is 0 Å². The van der Waals surface area contributed by atoms with E-state index in [0.29, 0.717) is 25.6 Å². The Hall–Kier alpha value is -0.910. The van der Waals surface area contributed by atoms with Gasteiger partial charge in [-0.2, -0.15) is 17.0 Å². The summed E-state index contributed by atoms with van der Waals surface area (Å²) in [5.41, 5.74) is 2.43. The lowest BCUT2D eigenvalue weighted by molar-refractivity contribution is 0.277. The highest BCUT2D eigenvalue weighted by atomic mass is 32.2. The largest absolute Gasteiger partial charge is 0.282 e. The molecule has 0 amide bonds. The summed E-state index contributed by atoms with van der Waals surface area (Å²) < 4.78 is 29.3. The first kappa shape index (κ1) is 15.0. The third-order valence-corrected chi connectivity index (χ3v) is 6.75. The molecule has 21 heavy (non-hydrogen) atoms. The van der Waals surface area contributed by atoms with Crippen LogP contribution >= 0.6 is 0 Å². The Bertz CT molecular complexity index is 612. The van der Waals surface area contributed by atoms with Crippen molar-refractivity contribution < 1.29 is 8.42 Å². The van der Waals surface area contributed by atoms with Gasteiger partial charge in [-0.1, -0.05) is 38.1 Å². The highest BCUT2D eigenvalue weighted by Crippen LogP contribution is 2.30. The molecule has 0 unspecified atom stereocenters. The second-order valence-electron chi connectivity index (χ2n) is 6.42. The van der Waals surface area contributed by atoms with E-state index in [2.05, 4.69) is 19.9 Å². The summed E-state index contributed by atoms with van der Waals surface area (Å²) in [6.07, 6.45) is 2.78. The first-order valence-corrected chi connectivity index (χ1v) is 9.23. The Morgan fingerprint density at radius 1 is 1.14 bits per heavy atom. The molecule has 1 aromatic rings. The lowest BCUT2D eigenvalue weighted by Gasteiger charge is -2.35. The lowest BCUT2D eigenvalue weighted by atomic mass is 10.0. The Morgan fingerprint density at radius 3 is 2.57 bits per heavy atom. The summed E-state index contributed by atoms with van der Waals surface area (Å²) in [5, 5.41) is 0. The first-order chi connectivity index (χ1) is 10.00. The van der Waals surface area contributed by atoms with Crippen LogP contribution < -0.4 is 0 Å². The van der Waals surface area contributed by atoms with Gasteiger partial charge in [0.05, 0.1) is 0 Å². The third-order valence-electron chi connectivity index (χ3n) is 4.74. The summed E-state index contributed by atoms with van der Waals surface area (Å²) in [4.78, 5) is 0. The zero-order chi connectivity index (χ0) is 15.0. The van der Waals surface area contributed by atoms with E-state index in [1.165, 1.54) is 5.56 Å². The molecule has 1 fully saturated rings. The first-order valence-electron chi connectivity index (χ1n) is 7.84. The van der Waals surface area contributed by atoms with Gasteiger partial charge in [-0.3, -0.25) is 0 Å². The molecule has 4 nitrogen and oxygen atoms in total. The molecule has 5 heteroatoms. The van der Waals surface area contributed by atoms with Gasteiger partial charge in [0.1, 0.15) is 0 Å². The fourth-order valence-electron chi connectivity index (χ4n) is 3.53. The van der Waals surface area contributed by atoms with Crippen LogP contribution in [0.4, 0.5) is 0 Å². The maximum absolute atomic E-state index is 13.0. The van der Waals surface area contributed by atoms with E-state index in [9.17, 15) is 8.42 Å². The van der Waals surface area contributed by atoms with Crippen LogP contribution in [-0.2, 0) is 23.2 Å². The predicted molar refractivity (Wildman–Crippen MR) is 84.0 cm³/mol. The van der Waals surface area contributed by atoms with E-state index >= 15 is 0 Å². The highest BCUT2D eigenvalue weighted by Gasteiger charge is 2.40. The topological polar surface area (TPSA) is 40.6 Å². The average Bonchev–Trinajstić information content (AvgIpc) is 2.97. The van der Waals surface area contributed by atoms with Crippen molar-refractivity contribution >= 4 is 10.2 Å². The maximum atomic E-state index is 13.0. The summed E-state index contributed by atoms with van der Waals surface area (Å²) in [7, 11) is -3.33. The van der Waals surface area contributed by atoms with Gasteiger partial charge in [0.25, 0.3) is 10.2 Å². The number of hydrogen-bond acceptors (Lipinski definition) is 2. The minimum atomic E-state index is -3.33. The smallest absolute Gasteiger partial charge is 0.195 e. The quantitative estimate of drug-likeness (QED) is 0.860. The Labute approximate surface area is 127 Å². The molecule has 2 aliphatic rings. The Morgan fingerprint density at radius 2 is 1.86 bits per heavy atom. The molecule has 1 atom stereocenters. The molecule has 0 N–H and O–H groups in total. The Balaban J connectivity index is 1.83. The van der Waals surface area contributed by atoms with Gasteiger partial charge in [-0.05, 0) is 36.3 Å². The zero-order valence-electron chi connectivity index (χ0n) is 12.8. The fraction of sp³-hybridized carbons (Fsp3) is 0.625. The molecule has 0 saturated carbocycles. The lowest BCUT2D eigenvalue weighted by Crippen LogP contribution is -2.48. The van der Waals surface area contributed by atoms with E-state index < -0.39 is 10.2 Å². The van der Waals surface area contributed by atoms with Gasteiger partial charge in [0, 0.05) is 25.7 Å². The summed E-state index contributed by atoms with van der Waals surface area (Å²) in [5.74, 6) is 0.374. The van der Waals surface area contributed by atoms with Crippen LogP contribution in [0.3, 0.4) is 0 Å². The standard InChI is InChI=1S/C16H24N2O2S/c1-13(2)16-8-5-10-18(16)21(19,20)17-11-9-14-6-3-4-7-15(14)12-17/h3-4,6-7,13,16H,5,8-12H2,1-2H3/t16-/m1/s1. The van der Waals surface area contributed by atoms with E-state index in [1.54, 1.807) is 8.61 Å². The predicted octanol–water partition coefficient (Wildman–Crippen LogP) is 2.41. The van der Waals surface area contributed by atoms with Crippen molar-refractivity contribution in [3.8, 4) is 0 Å². The third kappa shape index (κ3) is 2.74. The molecule has 116 valence electrons. The minimum Gasteiger partial charge on any atom is -0.195 e. The molecule has 0 aliphatic carbocycles. The van der Waals surface area contributed by atoms with E-state index in [4.69, 9.17) is 0 Å². The van der Waals surface area contributed by atoms with Crippen molar-refractivity contribution in [1.29, 1.82) is 0 Å². The van der Waals surface area contributed by atoms with Gasteiger partial charge < -0.3 is 0 Å². The van der Waals surface area contributed by atoms with Gasteiger partial charge in [-0.25, -0.2) is 0 Å². The Kier molecular flexibility index (Phi) is 4.08. The fourth-order valence-corrected chi connectivity index (χ4v) is 5.51. The van der Waals surface area contributed by atoms with Crippen LogP contribution in [0.2, 0.25) is 0 Å². The van der Waals surface area contributed by atoms with E-state index in [-0.39, 0.29) is 6.04 Å². The molecular weight excluding hydrogens is 284 g/mol. The highest BCUT2D eigenvalue weighted by molar-refractivity contribution is 7.86. The number of rotatable bonds is 3. The number of fused-ring (bicyclic) bond motifs is 1. The number of benzene rings is 1. The van der Waals surface area contributed by atoms with E-state index in [1.807, 2.05) is 18.2 Å². The molecule has 0 radical (unpaired) electrons. The number of nitrogens with zero attached hydrogens (tertiary/aromatic N) is 2. The summed E-state index contributed by atoms with van der Waals surface area (Å²) in [6.45, 7) is 6.01. The van der Waals surface area contributed by atoms with Crippen LogP contribution in [0.15, 0.2) is 24.3 Å². The van der Waals surface area contributed by atoms with Gasteiger partial charge >= 0.3 is 0 Å². The van der Waals surface area contributed by atoms with Crippen LogP contribution in [0, 0.1) is 5.92 Å². The van der Waals surface area contributed by atoms with Gasteiger partial charge in [0.2, 0.25) is 0 Å². The van der Waals surface area contributed by atoms with Gasteiger partial charge in [0.15, 0.2) is 0 Å². The van der Waals surface area contributed by atoms with Crippen LogP contribution in [0.1, 0.15) is 37.8 Å². The van der Waals surface area contributed by atoms with Crippen LogP contribution in [0.5, 0.6) is 0 Å². The van der Waals surface area contributed by atoms with E-state index in [0.717, 1.165) is 24.8 Å². The SMILES string of the molecule is CC(C)[C@H]1CCCN1S(=O)(=O)N1CCc2ccccc2C1. The molecule has 1 aromatic carbocycles. The molecule has 0 bridgehead atoms. The van der Waals surface area contributed by atoms with Crippen molar-refractivity contribution in [1.82, 2.24) is 8.61 Å². The normalized spacial score (nSPS) is 24.4. The maximum Gasteiger partial charge on any atom is 0.282 e. The van der Waals surface area contributed by atoms with Crippen molar-refractivity contribution in [2.24, 2.45) is 5.92 Å². The summed E-state index contributed by atoms with van der Waals surface area (Å²) >= 11 is 0. The molecule has 3 rings (SSSR count). The molecule has 0 aromatic heterocycles. The molecule has 1 saturated heterocycles. The second-order valence-corrected chi connectivity index (χ2v) is 8.31. The molecule has 2 aliphatic heterocycles. The van der Waals surface area contributed by atoms with Crippen LogP contribution in [-0.4, -0.2) is 36.2 Å². The molecule has 2 heterocycles. The van der Waals surface area contributed by atoms with Gasteiger partial charge in [-0.15, -0.1) is 0 Å². The van der Waals surface area contributed by atoms with Crippen molar-refractivity contribution in [2.45, 2.75) is 45.7 Å². The number of hydrogen-bond donors (Lipinski definition) is 0. The zero-order valence-corrected chi connectivity index (χ0v) is 13.6. The second kappa shape index (κ2) is 5.71. The summed E-state index contributed by atoms with van der Waals surface area (Å²) in [6, 6.07) is 8.32. The monoisotopic (exact) mass is 308 g/mol. The minimum absolute atomic E-state index is 0.159. The molecular formula is C16H24N2O2S. The van der Waals surface area contributed by atoms with Crippen molar-refractivity contribution in [2.75, 3.05) is 13.1 Å². The van der Waals surface area contributed by atoms with Crippen molar-refractivity contribution in [3.05, 3.63) is 35.4 Å². The average molecular weight is 308 g/mol.